The van der Waals surface area contributed by atoms with Crippen LogP contribution in [0.5, 0.6) is 0 Å². The van der Waals surface area contributed by atoms with Gasteiger partial charge in [-0.05, 0) is 94.6 Å². The second-order valence-electron chi connectivity index (χ2n) is 19.8. The molecule has 1 fully saturated rings. The molecule has 7 heteroatoms. The van der Waals surface area contributed by atoms with E-state index in [1.807, 2.05) is 26.8 Å². The molecule has 1 saturated carbocycles. The lowest BCUT2D eigenvalue weighted by Crippen LogP contribution is -2.21. The Labute approximate surface area is 420 Å². The van der Waals surface area contributed by atoms with E-state index in [0.29, 0.717) is 18.8 Å². The highest BCUT2D eigenvalue weighted by Gasteiger charge is 2.15. The molecule has 1 aliphatic rings. The first kappa shape index (κ1) is 87.4. The fraction of sp³-hybridized carbons (Fsp3) is 0.847. The van der Waals surface area contributed by atoms with E-state index in [1.54, 1.807) is 20.9 Å². The number of benzene rings is 1. The van der Waals surface area contributed by atoms with Gasteiger partial charge in [-0.15, -0.1) is 6.58 Å². The Morgan fingerprint density at radius 1 is 0.727 bits per heavy atom. The third kappa shape index (κ3) is 92.5. The molecule has 1 aromatic rings. The number of hydrogen-bond acceptors (Lipinski definition) is 6. The van der Waals surface area contributed by atoms with Crippen molar-refractivity contribution < 1.29 is 23.1 Å². The van der Waals surface area contributed by atoms with Crippen molar-refractivity contribution >= 4 is 15.8 Å². The first-order valence-corrected chi connectivity index (χ1v) is 27.0. The van der Waals surface area contributed by atoms with Crippen LogP contribution in [0.15, 0.2) is 43.0 Å². The van der Waals surface area contributed by atoms with E-state index in [9.17, 15) is 13.2 Å². The number of unbranched alkanes of at least 4 members (excludes halogenated alkanes) is 3. The zero-order valence-corrected chi connectivity index (χ0v) is 46.2. The van der Waals surface area contributed by atoms with Gasteiger partial charge in [0.15, 0.2) is 9.84 Å². The monoisotopic (exact) mass is 964 g/mol. The van der Waals surface area contributed by atoms with E-state index in [-0.39, 0.29) is 59.5 Å². The highest BCUT2D eigenvalue weighted by atomic mass is 32.2. The molecule has 0 radical (unpaired) electrons. The van der Waals surface area contributed by atoms with Crippen molar-refractivity contribution in [2.24, 2.45) is 35.5 Å². The van der Waals surface area contributed by atoms with Gasteiger partial charge in [0.1, 0.15) is 0 Å². The molecule has 0 spiro atoms. The Kier molecular flexibility index (Phi) is 83.8. The predicted octanol–water partition coefficient (Wildman–Crippen LogP) is 19.2. The fourth-order valence-electron chi connectivity index (χ4n) is 6.07. The summed E-state index contributed by atoms with van der Waals surface area (Å²) in [4.78, 5) is 10.6. The average molecular weight is 965 g/mol. The summed E-state index contributed by atoms with van der Waals surface area (Å²) in [5, 5.41) is 10.7. The smallest absolute Gasteiger partial charge is 0.309 e. The minimum absolute atomic E-state index is 0. The van der Waals surface area contributed by atoms with Crippen LogP contribution in [0.3, 0.4) is 0 Å². The van der Waals surface area contributed by atoms with E-state index in [0.717, 1.165) is 35.5 Å². The summed E-state index contributed by atoms with van der Waals surface area (Å²) < 4.78 is 26.3. The largest absolute Gasteiger partial charge is 0.463 e. The molecular formula is C59H129NO5S. The third-order valence-corrected chi connectivity index (χ3v) is 10.7. The number of aliphatic hydroxyl groups is 1. The van der Waals surface area contributed by atoms with Crippen molar-refractivity contribution in [1.82, 2.24) is 5.32 Å². The van der Waals surface area contributed by atoms with E-state index < -0.39 is 9.84 Å². The molecule has 0 heterocycles. The number of aliphatic hydroxyl groups excluding tert-OH is 1. The van der Waals surface area contributed by atoms with Crippen molar-refractivity contribution in [2.75, 3.05) is 18.7 Å². The second-order valence-corrected chi connectivity index (χ2v) is 22.0. The molecule has 0 aromatic heterocycles. The lowest BCUT2D eigenvalue weighted by molar-refractivity contribution is -0.146. The van der Waals surface area contributed by atoms with Gasteiger partial charge < -0.3 is 15.2 Å². The minimum Gasteiger partial charge on any atom is -0.463 e. The molecule has 6 nitrogen and oxygen atoms in total. The highest BCUT2D eigenvalue weighted by molar-refractivity contribution is 7.91. The standard InChI is InChI=1S/C9H18.C9H12.2C9H20.C7H12O2.C5H13NO2S.C4H10.C3H8O.4CH4/c2*1-8(2)9-6-4-3-5-7-9;1-5-6-9(4)7-8(2)3;1-4-5-6-7-8-9(2)3;1-4-5-7(8)9-6(2)3;1-3-4-9(7,8)5-6-2;1-4(2)3;1-3(2)4;;;;/h8-9H,3-7H2,1-2H3;3-8H,1-2H3;8-9H,5-7H2,1-4H3;9H,4-8H2,1-3H3;4,6H,1,5H2,2-3H3;6H,3-5H2,1-2H3;4H,1-3H3;3-4H,1-2H3;4*1H4. The first-order chi connectivity index (χ1) is 28.8. The van der Waals surface area contributed by atoms with Crippen LogP contribution in [-0.4, -0.2) is 50.4 Å². The maximum atomic E-state index is 10.8. The summed E-state index contributed by atoms with van der Waals surface area (Å²) in [7, 11) is -1.16. The molecule has 0 amide bonds. The Hall–Kier alpha value is -1.70. The van der Waals surface area contributed by atoms with E-state index in [2.05, 4.69) is 133 Å². The van der Waals surface area contributed by atoms with Crippen LogP contribution in [0.2, 0.25) is 0 Å². The molecule has 0 saturated heterocycles. The van der Waals surface area contributed by atoms with Gasteiger partial charge in [0.2, 0.25) is 0 Å². The van der Waals surface area contributed by atoms with Gasteiger partial charge >= 0.3 is 5.97 Å². The normalized spacial score (nSPS) is 11.9. The lowest BCUT2D eigenvalue weighted by Gasteiger charge is -2.24. The van der Waals surface area contributed by atoms with Crippen molar-refractivity contribution in [3.05, 3.63) is 48.6 Å². The van der Waals surface area contributed by atoms with Gasteiger partial charge in [0.25, 0.3) is 0 Å². The Morgan fingerprint density at radius 2 is 1.20 bits per heavy atom. The summed E-state index contributed by atoms with van der Waals surface area (Å²) in [6.45, 7) is 44.0. The molecule has 1 aromatic carbocycles. The lowest BCUT2D eigenvalue weighted by atomic mass is 9.82. The van der Waals surface area contributed by atoms with Crippen LogP contribution >= 0.6 is 0 Å². The highest BCUT2D eigenvalue weighted by Crippen LogP contribution is 2.29. The number of esters is 1. The first-order valence-electron chi connectivity index (χ1n) is 25.2. The van der Waals surface area contributed by atoms with Gasteiger partial charge in [-0.3, -0.25) is 4.79 Å². The molecule has 66 heavy (non-hydrogen) atoms. The average Bonchev–Trinajstić information content (AvgIpc) is 3.14. The number of ether oxygens (including phenoxy) is 1. The summed E-state index contributed by atoms with van der Waals surface area (Å²) in [6, 6.07) is 10.5. The molecule has 2 N–H and O–H groups in total. The molecule has 2 rings (SSSR count). The molecule has 406 valence electrons. The van der Waals surface area contributed by atoms with Crippen LogP contribution in [0.4, 0.5) is 0 Å². The Bertz CT molecular complexity index is 1080. The van der Waals surface area contributed by atoms with Gasteiger partial charge in [0.05, 0.1) is 24.2 Å². The van der Waals surface area contributed by atoms with E-state index in [1.165, 1.54) is 95.1 Å². The Balaban J connectivity index is -0.0000000682. The molecule has 1 aliphatic carbocycles. The van der Waals surface area contributed by atoms with Crippen LogP contribution in [0.1, 0.15) is 269 Å². The molecular weight excluding hydrogens is 835 g/mol. The minimum atomic E-state index is -2.79. The molecule has 1 unspecified atom stereocenters. The summed E-state index contributed by atoms with van der Waals surface area (Å²) >= 11 is 0. The maximum Gasteiger partial charge on any atom is 0.309 e. The van der Waals surface area contributed by atoms with Crippen LogP contribution in [0.25, 0.3) is 0 Å². The van der Waals surface area contributed by atoms with Crippen molar-refractivity contribution in [2.45, 2.75) is 276 Å². The summed E-state index contributed by atoms with van der Waals surface area (Å²) in [5.74, 6) is 6.38. The van der Waals surface area contributed by atoms with Gasteiger partial charge in [-0.2, -0.15) is 0 Å². The summed E-state index contributed by atoms with van der Waals surface area (Å²) in [6.07, 6.45) is 21.0. The number of nitrogens with one attached hydrogen (secondary N) is 1. The number of hydrogen-bond donors (Lipinski definition) is 2. The Morgan fingerprint density at radius 3 is 1.48 bits per heavy atom. The maximum absolute atomic E-state index is 10.8. The van der Waals surface area contributed by atoms with Crippen LogP contribution < -0.4 is 5.32 Å². The van der Waals surface area contributed by atoms with Crippen molar-refractivity contribution in [3.63, 3.8) is 0 Å². The fourth-order valence-corrected chi connectivity index (χ4v) is 7.27. The quantitative estimate of drug-likeness (QED) is 0.0865. The second kappa shape index (κ2) is 63.3. The predicted molar refractivity (Wildman–Crippen MR) is 308 cm³/mol. The van der Waals surface area contributed by atoms with Crippen molar-refractivity contribution in [3.8, 4) is 0 Å². The molecule has 0 aliphatic heterocycles. The third-order valence-electron chi connectivity index (χ3n) is 8.91. The van der Waals surface area contributed by atoms with E-state index >= 15 is 0 Å². The zero-order chi connectivity index (χ0) is 49.5. The number of carbonyl (C=O) groups excluding carboxylic acids is 1. The van der Waals surface area contributed by atoms with Gasteiger partial charge in [-0.25, -0.2) is 8.42 Å². The van der Waals surface area contributed by atoms with E-state index in [4.69, 9.17) is 9.84 Å². The van der Waals surface area contributed by atoms with Gasteiger partial charge in [0, 0.05) is 6.10 Å². The summed E-state index contributed by atoms with van der Waals surface area (Å²) in [5.41, 5.74) is 1.41. The topological polar surface area (TPSA) is 92.7 Å². The zero-order valence-electron chi connectivity index (χ0n) is 45.4. The number of sulfone groups is 1. The number of rotatable bonds is 18. The number of carbonyl (C=O) groups is 1. The van der Waals surface area contributed by atoms with Crippen LogP contribution in [-0.2, 0) is 19.4 Å². The van der Waals surface area contributed by atoms with Crippen molar-refractivity contribution in [1.29, 1.82) is 0 Å². The van der Waals surface area contributed by atoms with Crippen LogP contribution in [0, 0.1) is 35.5 Å². The SMILES string of the molecule is C.C.C.C.C=CCC(=O)OC(C)C.CC(C)C.CC(C)C1CCCCC1.CC(C)O.CC(C)c1ccccc1.CCCC(C)CC(C)C.CCCCCCC(C)C.CCCS(=O)(=O)CNC. The molecule has 0 bridgehead atoms. The van der Waals surface area contributed by atoms with Gasteiger partial charge in [-0.1, -0.05) is 247 Å². The molecule has 1 atom stereocenters.